The van der Waals surface area contributed by atoms with Crippen molar-refractivity contribution >= 4 is 0 Å². The molecule has 0 bridgehead atoms. The van der Waals surface area contributed by atoms with Crippen molar-refractivity contribution in [1.29, 1.82) is 0 Å². The van der Waals surface area contributed by atoms with Gasteiger partial charge in [0.2, 0.25) is 0 Å². The largest absolute Gasteiger partial charge is 0.508 e. The van der Waals surface area contributed by atoms with Crippen molar-refractivity contribution < 1.29 is 20.1 Å². The lowest BCUT2D eigenvalue weighted by molar-refractivity contribution is 0.339. The summed E-state index contributed by atoms with van der Waals surface area (Å²) >= 11 is 0. The molecule has 0 heterocycles. The fourth-order valence-electron chi connectivity index (χ4n) is 4.27. The molecule has 0 saturated carbocycles. The van der Waals surface area contributed by atoms with E-state index in [9.17, 15) is 10.2 Å². The summed E-state index contributed by atoms with van der Waals surface area (Å²) in [4.78, 5) is 0. The Bertz CT molecular complexity index is 949. The molecule has 178 valence electrons. The quantitative estimate of drug-likeness (QED) is 0.342. The van der Waals surface area contributed by atoms with E-state index in [2.05, 4.69) is 39.8 Å². The molecular weight excluding hydrogens is 412 g/mol. The van der Waals surface area contributed by atoms with Crippen LogP contribution in [-0.2, 0) is 18.3 Å². The minimum atomic E-state index is -0.0881. The Morgan fingerprint density at radius 3 is 1.45 bits per heavy atom. The van der Waals surface area contributed by atoms with Crippen LogP contribution >= 0.6 is 0 Å². The van der Waals surface area contributed by atoms with Gasteiger partial charge in [-0.05, 0) is 91.3 Å². The molecule has 0 amide bonds. The smallest absolute Gasteiger partial charge is 0.119 e. The van der Waals surface area contributed by atoms with Crippen LogP contribution in [0.4, 0.5) is 0 Å². The molecule has 3 aromatic rings. The van der Waals surface area contributed by atoms with Gasteiger partial charge in [0.15, 0.2) is 0 Å². The number of hydrogen-bond acceptors (Lipinski definition) is 4. The molecule has 3 rings (SSSR count). The Kier molecular flexibility index (Phi) is 9.65. The molecule has 0 spiro atoms. The summed E-state index contributed by atoms with van der Waals surface area (Å²) in [5.41, 5.74) is 4.37. The number of hydrogen-bond donors (Lipinski definition) is 3. The predicted molar refractivity (Wildman–Crippen MR) is 136 cm³/mol. The molecular formula is C29H38O4. The third-order valence-electron chi connectivity index (χ3n) is 6.38. The van der Waals surface area contributed by atoms with E-state index in [4.69, 9.17) is 9.84 Å². The van der Waals surface area contributed by atoms with Crippen LogP contribution in [-0.4, -0.2) is 21.9 Å². The lowest BCUT2D eigenvalue weighted by Gasteiger charge is -2.34. The lowest BCUT2D eigenvalue weighted by Crippen LogP contribution is -2.26. The second-order valence-corrected chi connectivity index (χ2v) is 8.11. The van der Waals surface area contributed by atoms with Gasteiger partial charge in [-0.15, -0.1) is 0 Å². The van der Waals surface area contributed by atoms with Crippen LogP contribution in [0.15, 0.2) is 60.7 Å². The average molecular weight is 451 g/mol. The molecule has 3 aromatic carbocycles. The topological polar surface area (TPSA) is 69.9 Å². The predicted octanol–water partition coefficient (Wildman–Crippen LogP) is 7.12. The number of phenols is 3. The molecule has 4 heteroatoms. The van der Waals surface area contributed by atoms with Gasteiger partial charge in [-0.25, -0.2) is 0 Å². The van der Waals surface area contributed by atoms with Crippen molar-refractivity contribution in [3.8, 4) is 23.0 Å². The highest BCUT2D eigenvalue weighted by atomic mass is 16.5. The molecule has 0 aliphatic heterocycles. The second kappa shape index (κ2) is 12.2. The van der Waals surface area contributed by atoms with E-state index < -0.39 is 0 Å². The van der Waals surface area contributed by atoms with Gasteiger partial charge in [0.25, 0.3) is 0 Å². The molecule has 0 aromatic heterocycles. The maximum atomic E-state index is 10.0. The Labute approximate surface area is 198 Å². The van der Waals surface area contributed by atoms with Gasteiger partial charge >= 0.3 is 0 Å². The number of benzene rings is 3. The van der Waals surface area contributed by atoms with E-state index in [0.29, 0.717) is 18.1 Å². The highest BCUT2D eigenvalue weighted by molar-refractivity contribution is 5.48. The summed E-state index contributed by atoms with van der Waals surface area (Å²) in [7, 11) is 0. The first kappa shape index (κ1) is 26.1. The first-order valence-corrected chi connectivity index (χ1v) is 11.9. The average Bonchev–Trinajstić information content (AvgIpc) is 2.84. The van der Waals surface area contributed by atoms with Crippen LogP contribution in [0, 0.1) is 0 Å². The zero-order valence-electron chi connectivity index (χ0n) is 20.6. The van der Waals surface area contributed by atoms with Crippen molar-refractivity contribution in [3.63, 3.8) is 0 Å². The normalized spacial score (nSPS) is 10.9. The zero-order chi connectivity index (χ0) is 24.4. The summed E-state index contributed by atoms with van der Waals surface area (Å²) in [5, 5.41) is 28.9. The van der Waals surface area contributed by atoms with Gasteiger partial charge in [0.05, 0.1) is 6.61 Å². The summed E-state index contributed by atoms with van der Waals surface area (Å²) in [6.45, 7) is 11.1. The summed E-state index contributed by atoms with van der Waals surface area (Å²) in [6.07, 6.45) is 3.59. The van der Waals surface area contributed by atoms with E-state index in [1.165, 1.54) is 11.1 Å². The van der Waals surface area contributed by atoms with E-state index in [1.807, 2.05) is 31.2 Å². The Morgan fingerprint density at radius 2 is 1.09 bits per heavy atom. The van der Waals surface area contributed by atoms with Gasteiger partial charge in [-0.1, -0.05) is 52.0 Å². The number of phenolic OH excluding ortho intramolecular Hbond substituents is 3. The third kappa shape index (κ3) is 6.22. The lowest BCUT2D eigenvalue weighted by atomic mass is 9.70. The Morgan fingerprint density at radius 1 is 0.636 bits per heavy atom. The number of aryl methyl sites for hydroxylation is 2. The molecule has 0 saturated heterocycles. The molecule has 0 fully saturated rings. The van der Waals surface area contributed by atoms with Crippen LogP contribution in [0.2, 0.25) is 0 Å². The monoisotopic (exact) mass is 450 g/mol. The minimum absolute atomic E-state index is 0.0881. The first-order valence-electron chi connectivity index (χ1n) is 11.9. The molecule has 0 atom stereocenters. The van der Waals surface area contributed by atoms with Gasteiger partial charge in [0.1, 0.15) is 23.0 Å². The number of ether oxygens (including phenoxy) is 1. The van der Waals surface area contributed by atoms with Gasteiger partial charge in [-0.3, -0.25) is 0 Å². The molecule has 0 radical (unpaired) electrons. The Balaban J connectivity index is 0.000000321. The Hall–Kier alpha value is -3.14. The highest BCUT2D eigenvalue weighted by Gasteiger charge is 2.31. The van der Waals surface area contributed by atoms with E-state index in [1.54, 1.807) is 24.3 Å². The van der Waals surface area contributed by atoms with E-state index in [-0.39, 0.29) is 11.2 Å². The van der Waals surface area contributed by atoms with Gasteiger partial charge < -0.3 is 20.1 Å². The zero-order valence-corrected chi connectivity index (χ0v) is 20.6. The first-order chi connectivity index (χ1) is 15.8. The SMILES string of the molecule is CCOc1ccc(O)cc1.CCc1cc(C(CC)(CC)c2ccc(O)c(CC)c2)ccc1O. The van der Waals surface area contributed by atoms with E-state index in [0.717, 1.165) is 42.6 Å². The van der Waals surface area contributed by atoms with Crippen LogP contribution in [0.25, 0.3) is 0 Å². The molecule has 4 nitrogen and oxygen atoms in total. The minimum Gasteiger partial charge on any atom is -0.508 e. The van der Waals surface area contributed by atoms with Crippen LogP contribution in [0.3, 0.4) is 0 Å². The molecule has 33 heavy (non-hydrogen) atoms. The van der Waals surface area contributed by atoms with Crippen molar-refractivity contribution in [1.82, 2.24) is 0 Å². The summed E-state index contributed by atoms with van der Waals surface area (Å²) < 4.78 is 5.15. The standard InChI is InChI=1S/C21H28O2.C8H10O2/c1-5-15-13-17(9-11-19(15)22)21(7-3,8-4)18-10-12-20(23)16(6-2)14-18;1-2-10-8-5-3-7(9)4-6-8/h9-14,22-23H,5-8H2,1-4H3;3-6,9H,2H2,1H3. The summed E-state index contributed by atoms with van der Waals surface area (Å²) in [6, 6.07) is 18.7. The van der Waals surface area contributed by atoms with Crippen molar-refractivity contribution in [2.75, 3.05) is 6.61 Å². The van der Waals surface area contributed by atoms with Crippen molar-refractivity contribution in [2.24, 2.45) is 0 Å². The molecule has 3 N–H and O–H groups in total. The van der Waals surface area contributed by atoms with Crippen molar-refractivity contribution in [3.05, 3.63) is 82.9 Å². The maximum Gasteiger partial charge on any atom is 0.119 e. The third-order valence-corrected chi connectivity index (χ3v) is 6.38. The highest BCUT2D eigenvalue weighted by Crippen LogP contribution is 2.41. The molecule has 0 aliphatic carbocycles. The van der Waals surface area contributed by atoms with Crippen LogP contribution in [0.1, 0.15) is 69.7 Å². The van der Waals surface area contributed by atoms with E-state index >= 15 is 0 Å². The number of rotatable bonds is 8. The van der Waals surface area contributed by atoms with Crippen LogP contribution < -0.4 is 4.74 Å². The van der Waals surface area contributed by atoms with Crippen LogP contribution in [0.5, 0.6) is 23.0 Å². The molecule has 0 unspecified atom stereocenters. The fourth-order valence-corrected chi connectivity index (χ4v) is 4.27. The maximum absolute atomic E-state index is 10.0. The van der Waals surface area contributed by atoms with Gasteiger partial charge in [-0.2, -0.15) is 0 Å². The number of aromatic hydroxyl groups is 3. The molecule has 0 aliphatic rings. The summed E-state index contributed by atoms with van der Waals surface area (Å²) in [5.74, 6) is 1.80. The van der Waals surface area contributed by atoms with Crippen molar-refractivity contribution in [2.45, 2.75) is 65.7 Å². The second-order valence-electron chi connectivity index (χ2n) is 8.11. The van der Waals surface area contributed by atoms with Gasteiger partial charge in [0, 0.05) is 5.41 Å². The fraction of sp³-hybridized carbons (Fsp3) is 0.379.